The van der Waals surface area contributed by atoms with Crippen molar-refractivity contribution in [3.05, 3.63) is 223 Å². The van der Waals surface area contributed by atoms with Gasteiger partial charge in [-0.15, -0.1) is 0 Å². The Morgan fingerprint density at radius 2 is 1.55 bits per heavy atom. The van der Waals surface area contributed by atoms with Crippen LogP contribution in [0.5, 0.6) is 0 Å². The summed E-state index contributed by atoms with van der Waals surface area (Å²) in [4.78, 5) is 14.7. The van der Waals surface area contributed by atoms with Crippen molar-refractivity contribution in [3.63, 3.8) is 0 Å². The quantitative estimate of drug-likeness (QED) is 0.181. The van der Waals surface area contributed by atoms with Crippen LogP contribution in [0.2, 0.25) is 0 Å². The topological polar surface area (TPSA) is 54.1 Å². The number of hydrogen-bond acceptors (Lipinski definition) is 5. The lowest BCUT2D eigenvalue weighted by molar-refractivity contribution is 0.362. The van der Waals surface area contributed by atoms with Crippen molar-refractivity contribution in [3.8, 4) is 28.2 Å². The molecule has 0 bridgehead atoms. The maximum absolute atomic E-state index is 5.27. The van der Waals surface area contributed by atoms with Gasteiger partial charge in [0.1, 0.15) is 5.82 Å². The Kier molecular flexibility index (Phi) is 8.52. The van der Waals surface area contributed by atoms with Crippen LogP contribution >= 0.6 is 0 Å². The van der Waals surface area contributed by atoms with Crippen molar-refractivity contribution in [1.29, 1.82) is 0 Å². The third-order valence-corrected chi connectivity index (χ3v) is 12.7. The van der Waals surface area contributed by atoms with E-state index in [0.29, 0.717) is 0 Å². The van der Waals surface area contributed by atoms with Crippen LogP contribution in [-0.2, 0) is 0 Å². The second-order valence-corrected chi connectivity index (χ2v) is 16.2. The van der Waals surface area contributed by atoms with Crippen molar-refractivity contribution in [2.24, 2.45) is 0 Å². The highest BCUT2D eigenvalue weighted by Crippen LogP contribution is 2.53. The Bertz CT molecular complexity index is 3270. The minimum atomic E-state index is -0.0421. The molecule has 0 spiro atoms. The van der Waals surface area contributed by atoms with E-state index >= 15 is 0 Å². The van der Waals surface area contributed by atoms with Gasteiger partial charge in [-0.3, -0.25) is 9.55 Å². The largest absolute Gasteiger partial charge is 0.387 e. The van der Waals surface area contributed by atoms with Crippen LogP contribution in [0.4, 0.5) is 11.4 Å². The molecule has 3 aromatic heterocycles. The summed E-state index contributed by atoms with van der Waals surface area (Å²) >= 11 is 0. The van der Waals surface area contributed by atoms with Gasteiger partial charge >= 0.3 is 0 Å². The third kappa shape index (κ3) is 5.73. The monoisotopic (exact) mass is 801 g/mol. The van der Waals surface area contributed by atoms with Crippen molar-refractivity contribution in [2.75, 3.05) is 18.5 Å². The molecule has 6 heterocycles. The molecule has 1 aliphatic carbocycles. The van der Waals surface area contributed by atoms with E-state index < -0.39 is 0 Å². The molecule has 1 atom stereocenters. The normalized spacial score (nSPS) is 16.9. The number of benzene rings is 5. The van der Waals surface area contributed by atoms with Gasteiger partial charge in [-0.05, 0) is 85.2 Å². The molecule has 8 aromatic rings. The maximum atomic E-state index is 5.27. The highest BCUT2D eigenvalue weighted by molar-refractivity contribution is 6.11. The number of imidazole rings is 1. The molecule has 4 aliphatic rings. The summed E-state index contributed by atoms with van der Waals surface area (Å²) in [5, 5.41) is 4.68. The van der Waals surface area contributed by atoms with Crippen molar-refractivity contribution < 1.29 is 0 Å². The Hall–Kier alpha value is -7.90. The smallest absolute Gasteiger partial charge is 0.145 e. The number of pyridine rings is 1. The molecule has 1 unspecified atom stereocenters. The number of allylic oxidation sites excluding steroid dienone is 7. The number of likely N-dealkylation sites (N-methyl/N-ethyl adjacent to an activating group) is 1. The SMILES string of the molecule is CN1C(C2=CNCC=C2)=CC(n2c3c(c4ccccc42)-c2ccccc2N(c2cccc(-c4nc5ccccc5n4-c4ccccc4)c2)C2=C3C=CCC2)=CC1c1cccnc1. The highest BCUT2D eigenvalue weighted by atomic mass is 15.2. The molecule has 0 saturated heterocycles. The van der Waals surface area contributed by atoms with Crippen LogP contribution in [0.15, 0.2) is 212 Å². The lowest BCUT2D eigenvalue weighted by Gasteiger charge is -2.36. The van der Waals surface area contributed by atoms with E-state index in [0.717, 1.165) is 81.4 Å². The van der Waals surface area contributed by atoms with Crippen LogP contribution in [0, 0.1) is 0 Å². The molecule has 12 rings (SSSR count). The first kappa shape index (κ1) is 36.0. The van der Waals surface area contributed by atoms with Gasteiger partial charge in [-0.1, -0.05) is 109 Å². The number of anilines is 2. The van der Waals surface area contributed by atoms with Gasteiger partial charge < -0.3 is 19.7 Å². The van der Waals surface area contributed by atoms with E-state index in [9.17, 15) is 0 Å². The van der Waals surface area contributed by atoms with Crippen molar-refractivity contribution in [1.82, 2.24) is 29.3 Å². The lowest BCUT2D eigenvalue weighted by atomic mass is 9.95. The molecule has 0 fully saturated rings. The molecular formula is C55H43N7. The number of aromatic nitrogens is 4. The van der Waals surface area contributed by atoms with Gasteiger partial charge in [0.25, 0.3) is 0 Å². The van der Waals surface area contributed by atoms with Gasteiger partial charge in [0.2, 0.25) is 0 Å². The van der Waals surface area contributed by atoms with Gasteiger partial charge in [0, 0.05) is 93.9 Å². The van der Waals surface area contributed by atoms with Gasteiger partial charge in [-0.2, -0.15) is 0 Å². The molecule has 7 heteroatoms. The van der Waals surface area contributed by atoms with E-state index in [1.807, 2.05) is 18.5 Å². The number of hydrogen-bond donors (Lipinski definition) is 1. The number of para-hydroxylation sites is 5. The Morgan fingerprint density at radius 3 is 2.42 bits per heavy atom. The van der Waals surface area contributed by atoms with Crippen LogP contribution in [0.1, 0.15) is 30.1 Å². The molecule has 1 N–H and O–H groups in total. The third-order valence-electron chi connectivity index (χ3n) is 12.7. The van der Waals surface area contributed by atoms with Crippen LogP contribution in [0.3, 0.4) is 0 Å². The lowest BCUT2D eigenvalue weighted by Crippen LogP contribution is -2.28. The minimum Gasteiger partial charge on any atom is -0.387 e. The highest BCUT2D eigenvalue weighted by Gasteiger charge is 2.35. The maximum Gasteiger partial charge on any atom is 0.145 e. The summed E-state index contributed by atoms with van der Waals surface area (Å²) in [6.45, 7) is 0.820. The number of dihydropyridines is 1. The summed E-state index contributed by atoms with van der Waals surface area (Å²) in [5.74, 6) is 0.916. The van der Waals surface area contributed by atoms with E-state index in [4.69, 9.17) is 4.98 Å². The van der Waals surface area contributed by atoms with E-state index in [2.05, 4.69) is 212 Å². The predicted octanol–water partition coefficient (Wildman–Crippen LogP) is 12.4. The van der Waals surface area contributed by atoms with Crippen molar-refractivity contribution in [2.45, 2.75) is 18.9 Å². The summed E-state index contributed by atoms with van der Waals surface area (Å²) in [7, 11) is 2.19. The van der Waals surface area contributed by atoms with E-state index in [1.165, 1.54) is 39.0 Å². The predicted molar refractivity (Wildman–Crippen MR) is 254 cm³/mol. The Balaban J connectivity index is 1.11. The first-order valence-electron chi connectivity index (χ1n) is 21.4. The Morgan fingerprint density at radius 1 is 0.726 bits per heavy atom. The fraction of sp³-hybridized carbons (Fsp3) is 0.0909. The molecule has 62 heavy (non-hydrogen) atoms. The molecule has 5 aromatic carbocycles. The first-order valence-corrected chi connectivity index (χ1v) is 21.4. The number of nitrogens with one attached hydrogen (secondary N) is 1. The van der Waals surface area contributed by atoms with Crippen LogP contribution in [-0.4, -0.2) is 37.6 Å². The van der Waals surface area contributed by atoms with Crippen molar-refractivity contribution >= 4 is 44.6 Å². The zero-order chi connectivity index (χ0) is 41.1. The summed E-state index contributed by atoms with van der Waals surface area (Å²) in [6, 6.07) is 50.0. The second kappa shape index (κ2) is 14.7. The Labute approximate surface area is 360 Å². The van der Waals surface area contributed by atoms with Gasteiger partial charge in [0.15, 0.2) is 0 Å². The molecule has 0 radical (unpaired) electrons. The molecule has 3 aliphatic heterocycles. The molecule has 298 valence electrons. The summed E-state index contributed by atoms with van der Waals surface area (Å²) in [5.41, 5.74) is 18.4. The first-order chi connectivity index (χ1) is 30.7. The molecule has 7 nitrogen and oxygen atoms in total. The molecular weight excluding hydrogens is 759 g/mol. The standard InChI is InChI=1S/C55H43N7/c1-59-51(38-17-14-30-56-35-38)33-42(34-52(59)39-18-15-31-57-36-39)61-48-27-10-6-23-44(48)53-43-22-5-9-26-47(43)60(49-28-11-7-24-45(49)54(53)61)41-21-13-16-37(32-41)55-58-46-25-8-12-29-50(46)62(55)40-19-3-2-4-20-40/h2-10,12-27,29-30,32-36,51,57H,11,28,31H2,1H3. The fourth-order valence-electron chi connectivity index (χ4n) is 9.94. The van der Waals surface area contributed by atoms with Gasteiger partial charge in [-0.25, -0.2) is 4.98 Å². The zero-order valence-corrected chi connectivity index (χ0v) is 34.4. The number of fused-ring (bicyclic) bond motifs is 7. The molecule has 0 saturated carbocycles. The number of nitrogens with zero attached hydrogens (tertiary/aromatic N) is 6. The fourth-order valence-corrected chi connectivity index (χ4v) is 9.94. The molecule has 0 amide bonds. The summed E-state index contributed by atoms with van der Waals surface area (Å²) in [6.07, 6.45) is 21.8. The number of rotatable bonds is 6. The average Bonchev–Trinajstić information content (AvgIpc) is 3.86. The summed E-state index contributed by atoms with van der Waals surface area (Å²) < 4.78 is 4.82. The van der Waals surface area contributed by atoms with Gasteiger partial charge in [0.05, 0.1) is 34.0 Å². The minimum absolute atomic E-state index is 0.0421. The van der Waals surface area contributed by atoms with E-state index in [1.54, 1.807) is 0 Å². The average molecular weight is 802 g/mol. The van der Waals surface area contributed by atoms with Crippen LogP contribution < -0.4 is 10.2 Å². The second-order valence-electron chi connectivity index (χ2n) is 16.2. The van der Waals surface area contributed by atoms with E-state index in [-0.39, 0.29) is 6.04 Å². The van der Waals surface area contributed by atoms with Crippen LogP contribution in [0.25, 0.3) is 61.4 Å². The zero-order valence-electron chi connectivity index (χ0n) is 34.4.